The first kappa shape index (κ1) is 16.7. The average Bonchev–Trinajstić information content (AvgIpc) is 2.46. The van der Waals surface area contributed by atoms with Gasteiger partial charge >= 0.3 is 12.1 Å². The number of carboxylic acids is 1. The molecule has 2 rings (SSSR count). The van der Waals surface area contributed by atoms with Crippen LogP contribution in [0.15, 0.2) is 29.2 Å². The first-order valence-electron chi connectivity index (χ1n) is 6.26. The fourth-order valence-electron chi connectivity index (χ4n) is 2.17. The van der Waals surface area contributed by atoms with Crippen LogP contribution in [0.3, 0.4) is 0 Å². The zero-order chi connectivity index (χ0) is 16.5. The lowest BCUT2D eigenvalue weighted by Crippen LogP contribution is -2.55. The summed E-state index contributed by atoms with van der Waals surface area (Å²) in [5.74, 6) is -1.26. The molecule has 0 aliphatic carbocycles. The number of halogens is 3. The van der Waals surface area contributed by atoms with Gasteiger partial charge in [0.25, 0.3) is 0 Å². The molecule has 0 spiro atoms. The van der Waals surface area contributed by atoms with Crippen molar-refractivity contribution in [1.82, 2.24) is 9.62 Å². The third-order valence-electron chi connectivity index (χ3n) is 3.25. The second-order valence-corrected chi connectivity index (χ2v) is 6.61. The minimum Gasteiger partial charge on any atom is -0.480 e. The molecule has 122 valence electrons. The molecule has 1 heterocycles. The molecule has 2 N–H and O–H groups in total. The number of benzene rings is 1. The highest BCUT2D eigenvalue weighted by Crippen LogP contribution is 2.35. The van der Waals surface area contributed by atoms with Crippen molar-refractivity contribution < 1.29 is 31.5 Å². The summed E-state index contributed by atoms with van der Waals surface area (Å²) in [7, 11) is -4.43. The Morgan fingerprint density at radius 3 is 2.55 bits per heavy atom. The standard InChI is InChI=1S/C12H13F3N2O4S/c13-12(14,15)8-3-1-2-4-10(8)22(20,21)17-6-5-16-9(7-17)11(18)19/h1-4,9,16H,5-7H2,(H,18,19)/t9-/m1/s1. The van der Waals surface area contributed by atoms with Gasteiger partial charge in [0.1, 0.15) is 6.04 Å². The lowest BCUT2D eigenvalue weighted by Gasteiger charge is -2.31. The van der Waals surface area contributed by atoms with Gasteiger partial charge in [0, 0.05) is 19.6 Å². The van der Waals surface area contributed by atoms with E-state index >= 15 is 0 Å². The second-order valence-electron chi connectivity index (χ2n) is 4.70. The van der Waals surface area contributed by atoms with Crippen molar-refractivity contribution in [1.29, 1.82) is 0 Å². The van der Waals surface area contributed by atoms with Gasteiger partial charge in [0.05, 0.1) is 10.5 Å². The van der Waals surface area contributed by atoms with E-state index in [1.807, 2.05) is 0 Å². The summed E-state index contributed by atoms with van der Waals surface area (Å²) in [5.41, 5.74) is -1.26. The minimum atomic E-state index is -4.82. The first-order valence-corrected chi connectivity index (χ1v) is 7.70. The summed E-state index contributed by atoms with van der Waals surface area (Å²) in [4.78, 5) is 10.1. The van der Waals surface area contributed by atoms with Crippen molar-refractivity contribution in [3.63, 3.8) is 0 Å². The number of hydrogen-bond acceptors (Lipinski definition) is 4. The van der Waals surface area contributed by atoms with Crippen LogP contribution in [-0.2, 0) is 21.0 Å². The molecular weight excluding hydrogens is 325 g/mol. The Morgan fingerprint density at radius 1 is 1.32 bits per heavy atom. The van der Waals surface area contributed by atoms with E-state index in [-0.39, 0.29) is 13.1 Å². The summed E-state index contributed by atoms with van der Waals surface area (Å²) in [6.45, 7) is -0.480. The van der Waals surface area contributed by atoms with Crippen LogP contribution >= 0.6 is 0 Å². The van der Waals surface area contributed by atoms with E-state index in [9.17, 15) is 26.4 Å². The highest BCUT2D eigenvalue weighted by Gasteiger charge is 2.40. The van der Waals surface area contributed by atoms with Crippen LogP contribution in [0.5, 0.6) is 0 Å². The summed E-state index contributed by atoms with van der Waals surface area (Å²) in [5, 5.41) is 11.5. The summed E-state index contributed by atoms with van der Waals surface area (Å²) < 4.78 is 64.5. The molecule has 1 aromatic rings. The summed E-state index contributed by atoms with van der Waals surface area (Å²) >= 11 is 0. The monoisotopic (exact) mass is 338 g/mol. The molecular formula is C12H13F3N2O4S. The van der Waals surface area contributed by atoms with Gasteiger partial charge in [-0.1, -0.05) is 12.1 Å². The van der Waals surface area contributed by atoms with Gasteiger partial charge in [-0.05, 0) is 12.1 Å². The number of sulfonamides is 1. The molecule has 1 atom stereocenters. The number of nitrogens with zero attached hydrogens (tertiary/aromatic N) is 1. The molecule has 0 unspecified atom stereocenters. The Balaban J connectivity index is 2.41. The van der Waals surface area contributed by atoms with E-state index in [4.69, 9.17) is 5.11 Å². The molecule has 1 aliphatic heterocycles. The maximum absolute atomic E-state index is 13.0. The predicted molar refractivity (Wildman–Crippen MR) is 69.6 cm³/mol. The second kappa shape index (κ2) is 5.86. The van der Waals surface area contributed by atoms with Crippen LogP contribution in [0.1, 0.15) is 5.56 Å². The number of carbonyl (C=O) groups is 1. The van der Waals surface area contributed by atoms with Crippen LogP contribution in [0, 0.1) is 0 Å². The van der Waals surface area contributed by atoms with Crippen LogP contribution in [0.25, 0.3) is 0 Å². The van der Waals surface area contributed by atoms with Crippen LogP contribution < -0.4 is 5.32 Å². The predicted octanol–water partition coefficient (Wildman–Crippen LogP) is 0.752. The smallest absolute Gasteiger partial charge is 0.417 e. The molecule has 6 nitrogen and oxygen atoms in total. The van der Waals surface area contributed by atoms with E-state index in [0.717, 1.165) is 16.4 Å². The van der Waals surface area contributed by atoms with E-state index in [2.05, 4.69) is 5.32 Å². The number of carboxylic acid groups (broad SMARTS) is 1. The minimum absolute atomic E-state index is 0.0460. The van der Waals surface area contributed by atoms with Crippen LogP contribution in [0.2, 0.25) is 0 Å². The number of rotatable bonds is 3. The molecule has 0 saturated carbocycles. The number of piperazine rings is 1. The Morgan fingerprint density at radius 2 is 1.95 bits per heavy atom. The van der Waals surface area contributed by atoms with Crippen LogP contribution in [0.4, 0.5) is 13.2 Å². The molecule has 10 heteroatoms. The highest BCUT2D eigenvalue weighted by molar-refractivity contribution is 7.89. The molecule has 22 heavy (non-hydrogen) atoms. The quantitative estimate of drug-likeness (QED) is 0.849. The van der Waals surface area contributed by atoms with E-state index in [0.29, 0.717) is 6.07 Å². The summed E-state index contributed by atoms with van der Waals surface area (Å²) in [6, 6.07) is 2.69. The van der Waals surface area contributed by atoms with Gasteiger partial charge in [-0.3, -0.25) is 4.79 Å². The Kier molecular flexibility index (Phi) is 4.45. The summed E-state index contributed by atoms with van der Waals surface area (Å²) in [6.07, 6.45) is -4.82. The van der Waals surface area contributed by atoms with Gasteiger partial charge in [-0.15, -0.1) is 0 Å². The largest absolute Gasteiger partial charge is 0.480 e. The molecule has 1 aliphatic rings. The molecule has 1 fully saturated rings. The third-order valence-corrected chi connectivity index (χ3v) is 5.17. The van der Waals surface area contributed by atoms with Gasteiger partial charge in [0.15, 0.2) is 0 Å². The Bertz CT molecular complexity index is 675. The zero-order valence-corrected chi connectivity index (χ0v) is 12.0. The molecule has 1 aromatic carbocycles. The number of nitrogens with one attached hydrogen (secondary N) is 1. The number of aliphatic carboxylic acids is 1. The number of alkyl halides is 3. The van der Waals surface area contributed by atoms with Gasteiger partial charge < -0.3 is 10.4 Å². The van der Waals surface area contributed by atoms with Gasteiger partial charge in [-0.2, -0.15) is 17.5 Å². The first-order chi connectivity index (χ1) is 10.1. The molecule has 1 saturated heterocycles. The van der Waals surface area contributed by atoms with E-state index in [1.165, 1.54) is 6.07 Å². The third kappa shape index (κ3) is 3.23. The average molecular weight is 338 g/mol. The van der Waals surface area contributed by atoms with Crippen molar-refractivity contribution in [3.05, 3.63) is 29.8 Å². The normalized spacial score (nSPS) is 20.8. The van der Waals surface area contributed by atoms with Crippen molar-refractivity contribution in [3.8, 4) is 0 Å². The maximum Gasteiger partial charge on any atom is 0.417 e. The Hall–Kier alpha value is -1.65. The van der Waals surface area contributed by atoms with Gasteiger partial charge in [0.2, 0.25) is 10.0 Å². The SMILES string of the molecule is O=C(O)[C@H]1CN(S(=O)(=O)c2ccccc2C(F)(F)F)CCN1. The zero-order valence-electron chi connectivity index (χ0n) is 11.2. The topological polar surface area (TPSA) is 86.7 Å². The van der Waals surface area contributed by atoms with Crippen molar-refractivity contribution in [2.75, 3.05) is 19.6 Å². The molecule has 0 radical (unpaired) electrons. The fourth-order valence-corrected chi connectivity index (χ4v) is 3.84. The van der Waals surface area contributed by atoms with E-state index < -0.39 is 45.2 Å². The molecule has 0 amide bonds. The maximum atomic E-state index is 13.0. The lowest BCUT2D eigenvalue weighted by molar-refractivity contribution is -0.141. The van der Waals surface area contributed by atoms with Crippen molar-refractivity contribution in [2.24, 2.45) is 0 Å². The lowest BCUT2D eigenvalue weighted by atomic mass is 10.2. The molecule has 0 aromatic heterocycles. The van der Waals surface area contributed by atoms with Crippen molar-refractivity contribution in [2.45, 2.75) is 17.1 Å². The van der Waals surface area contributed by atoms with Crippen LogP contribution in [-0.4, -0.2) is 49.5 Å². The van der Waals surface area contributed by atoms with Gasteiger partial charge in [-0.25, -0.2) is 8.42 Å². The Labute approximate surface area is 124 Å². The fraction of sp³-hybridized carbons (Fsp3) is 0.417. The van der Waals surface area contributed by atoms with Crippen molar-refractivity contribution >= 4 is 16.0 Å². The number of hydrogen-bond donors (Lipinski definition) is 2. The van der Waals surface area contributed by atoms with E-state index in [1.54, 1.807) is 0 Å². The molecule has 0 bridgehead atoms. The highest BCUT2D eigenvalue weighted by atomic mass is 32.2.